The molecule has 0 amide bonds. The Bertz CT molecular complexity index is 426. The minimum Gasteiger partial charge on any atom is -0.800 e. The summed E-state index contributed by atoms with van der Waals surface area (Å²) in [6.45, 7) is 1.48. The molecule has 1 radical (unpaired) electrons. The molecule has 0 aliphatic heterocycles. The Hall–Kier alpha value is -0.300. The third-order valence-electron chi connectivity index (χ3n) is 2.57. The Morgan fingerprint density at radius 1 is 0.842 bits per heavy atom. The summed E-state index contributed by atoms with van der Waals surface area (Å²) in [6, 6.07) is 7.92. The van der Waals surface area contributed by atoms with Crippen molar-refractivity contribution in [2.75, 3.05) is 0 Å². The summed E-state index contributed by atoms with van der Waals surface area (Å²) in [5, 5.41) is 0. The predicted molar refractivity (Wildman–Crippen MR) is 76.2 cm³/mol. The molecule has 3 nitrogen and oxygen atoms in total. The van der Waals surface area contributed by atoms with Gasteiger partial charge < -0.3 is 30.2 Å². The van der Waals surface area contributed by atoms with Crippen LogP contribution in [0.5, 0.6) is 0 Å². The van der Waals surface area contributed by atoms with Crippen LogP contribution in [-0.2, 0) is 60.7 Å². The standard InChI is InChI=1S/C13H15N3S2.Au/c17-13(18)16(9-11-1-5-14-6-2-11)10-12-3-7-15-8-4-12;/h1-8,13,17-18H,9-10H2;/p-2. The van der Waals surface area contributed by atoms with Crippen molar-refractivity contribution in [1.82, 2.24) is 14.9 Å². The zero-order valence-corrected chi connectivity index (χ0v) is 13.9. The van der Waals surface area contributed by atoms with Gasteiger partial charge in [-0.3, -0.25) is 9.97 Å². The van der Waals surface area contributed by atoms with Gasteiger partial charge in [0.25, 0.3) is 0 Å². The summed E-state index contributed by atoms with van der Waals surface area (Å²) in [7, 11) is 0. The minimum atomic E-state index is -0.327. The topological polar surface area (TPSA) is 29.0 Å². The van der Waals surface area contributed by atoms with Crippen molar-refractivity contribution in [2.45, 2.75) is 17.8 Å². The van der Waals surface area contributed by atoms with E-state index in [0.717, 1.165) is 13.1 Å². The molecule has 0 N–H and O–H groups in total. The fourth-order valence-corrected chi connectivity index (χ4v) is 1.95. The maximum atomic E-state index is 5.21. The average molecular weight is 472 g/mol. The second kappa shape index (κ2) is 8.79. The van der Waals surface area contributed by atoms with Crippen LogP contribution in [0.1, 0.15) is 11.1 Å². The fourth-order valence-electron chi connectivity index (χ4n) is 1.65. The van der Waals surface area contributed by atoms with E-state index in [4.69, 9.17) is 25.3 Å². The van der Waals surface area contributed by atoms with Gasteiger partial charge in [-0.15, -0.1) is 0 Å². The first-order chi connectivity index (χ1) is 8.75. The zero-order chi connectivity index (χ0) is 12.8. The fraction of sp³-hybridized carbons (Fsp3) is 0.231. The Balaban J connectivity index is 0.00000180. The van der Waals surface area contributed by atoms with Crippen LogP contribution >= 0.6 is 0 Å². The van der Waals surface area contributed by atoms with E-state index in [2.05, 4.69) is 14.9 Å². The van der Waals surface area contributed by atoms with Crippen LogP contribution in [0.25, 0.3) is 0 Å². The Labute approximate surface area is 140 Å². The first kappa shape index (κ1) is 16.8. The summed E-state index contributed by atoms with van der Waals surface area (Å²) in [4.78, 5) is 10.1. The van der Waals surface area contributed by atoms with Gasteiger partial charge in [-0.1, -0.05) is 0 Å². The van der Waals surface area contributed by atoms with Crippen molar-refractivity contribution in [3.63, 3.8) is 0 Å². The number of hydrogen-bond acceptors (Lipinski definition) is 5. The number of rotatable bonds is 5. The molecule has 0 aliphatic carbocycles. The first-order valence-electron chi connectivity index (χ1n) is 5.59. The Morgan fingerprint density at radius 2 is 1.21 bits per heavy atom. The second-order valence-electron chi connectivity index (χ2n) is 3.92. The summed E-state index contributed by atoms with van der Waals surface area (Å²) in [5.41, 5.74) is 2.33. The summed E-state index contributed by atoms with van der Waals surface area (Å²) >= 11 is 10.4. The molecule has 0 aliphatic rings. The molecule has 105 valence electrons. The molecule has 0 spiro atoms. The van der Waals surface area contributed by atoms with Crippen LogP contribution in [0.3, 0.4) is 0 Å². The van der Waals surface area contributed by atoms with Gasteiger partial charge in [-0.2, -0.15) is 0 Å². The molecule has 19 heavy (non-hydrogen) atoms. The van der Waals surface area contributed by atoms with Gasteiger partial charge in [0.15, 0.2) is 0 Å². The van der Waals surface area contributed by atoms with Crippen molar-refractivity contribution >= 4 is 25.3 Å². The molecule has 2 aromatic heterocycles. The molecular weight excluding hydrogens is 459 g/mol. The average Bonchev–Trinajstić information content (AvgIpc) is 2.40. The van der Waals surface area contributed by atoms with Crippen LogP contribution in [0, 0.1) is 0 Å². The van der Waals surface area contributed by atoms with Crippen LogP contribution in [0.2, 0.25) is 0 Å². The van der Waals surface area contributed by atoms with Crippen molar-refractivity contribution in [3.8, 4) is 0 Å². The van der Waals surface area contributed by atoms with Gasteiger partial charge >= 0.3 is 0 Å². The molecule has 0 unspecified atom stereocenters. The molecule has 0 saturated carbocycles. The van der Waals surface area contributed by atoms with E-state index in [9.17, 15) is 0 Å². The van der Waals surface area contributed by atoms with Gasteiger partial charge in [0.2, 0.25) is 0 Å². The van der Waals surface area contributed by atoms with Crippen LogP contribution in [0.4, 0.5) is 0 Å². The van der Waals surface area contributed by atoms with E-state index in [0.29, 0.717) is 0 Å². The van der Waals surface area contributed by atoms with Gasteiger partial charge in [-0.25, -0.2) is 4.71 Å². The largest absolute Gasteiger partial charge is 0.800 e. The van der Waals surface area contributed by atoms with Crippen molar-refractivity contribution in [2.24, 2.45) is 0 Å². The molecule has 6 heteroatoms. The third kappa shape index (κ3) is 5.69. The second-order valence-corrected chi connectivity index (χ2v) is 5.11. The molecule has 0 bridgehead atoms. The molecule has 0 fully saturated rings. The van der Waals surface area contributed by atoms with Crippen molar-refractivity contribution in [1.29, 1.82) is 0 Å². The number of hydrogen-bond donors (Lipinski definition) is 0. The van der Waals surface area contributed by atoms with E-state index >= 15 is 0 Å². The van der Waals surface area contributed by atoms with E-state index < -0.39 is 0 Å². The van der Waals surface area contributed by atoms with Gasteiger partial charge in [0.05, 0.1) is 0 Å². The quantitative estimate of drug-likeness (QED) is 0.490. The van der Waals surface area contributed by atoms with Crippen molar-refractivity contribution < 1.29 is 22.4 Å². The SMILES string of the molecule is [Au].[S-]C([S-])N(Cc1ccncc1)Cc1ccncc1. The summed E-state index contributed by atoms with van der Waals surface area (Å²) in [6.07, 6.45) is 7.12. The normalized spacial score (nSPS) is 10.5. The molecular formula is C13H13AuN3S2-2. The third-order valence-corrected chi connectivity index (χ3v) is 3.16. The van der Waals surface area contributed by atoms with E-state index in [-0.39, 0.29) is 27.1 Å². The molecule has 0 aromatic carbocycles. The van der Waals surface area contributed by atoms with Crippen LogP contribution in [0.15, 0.2) is 49.1 Å². The Kier molecular flexibility index (Phi) is 7.75. The van der Waals surface area contributed by atoms with E-state index in [1.807, 2.05) is 24.3 Å². The maximum absolute atomic E-state index is 5.21. The molecule has 0 atom stereocenters. The number of pyridine rings is 2. The molecule has 2 heterocycles. The minimum absolute atomic E-state index is 0. The number of nitrogens with zero attached hydrogens (tertiary/aromatic N) is 3. The first-order valence-corrected chi connectivity index (χ1v) is 6.53. The number of aromatic nitrogens is 2. The van der Waals surface area contributed by atoms with Crippen molar-refractivity contribution in [3.05, 3.63) is 60.2 Å². The predicted octanol–water partition coefficient (Wildman–Crippen LogP) is 1.85. The van der Waals surface area contributed by atoms with E-state index in [1.165, 1.54) is 11.1 Å². The van der Waals surface area contributed by atoms with Gasteiger partial charge in [0.1, 0.15) is 0 Å². The molecule has 0 saturated heterocycles. The molecule has 2 rings (SSSR count). The maximum Gasteiger partial charge on any atom is 0.0271 e. The summed E-state index contributed by atoms with van der Waals surface area (Å²) in [5.74, 6) is 0. The van der Waals surface area contributed by atoms with Gasteiger partial charge in [-0.05, 0) is 35.4 Å². The van der Waals surface area contributed by atoms with E-state index in [1.54, 1.807) is 24.8 Å². The van der Waals surface area contributed by atoms with Crippen LogP contribution in [-0.4, -0.2) is 19.6 Å². The van der Waals surface area contributed by atoms with Gasteiger partial charge in [0, 0.05) is 60.3 Å². The van der Waals surface area contributed by atoms with Crippen LogP contribution < -0.4 is 0 Å². The summed E-state index contributed by atoms with van der Waals surface area (Å²) < 4.78 is -0.327. The molecule has 2 aromatic rings. The monoisotopic (exact) mass is 472 g/mol. The smallest absolute Gasteiger partial charge is 0.0271 e. The zero-order valence-electron chi connectivity index (χ0n) is 10.1. The Morgan fingerprint density at radius 3 is 1.53 bits per heavy atom.